The van der Waals surface area contributed by atoms with Crippen LogP contribution in [0.25, 0.3) is 0 Å². The fourth-order valence-electron chi connectivity index (χ4n) is 3.57. The molecule has 9 N–H and O–H groups in total. The molecule has 0 aliphatic carbocycles. The second-order valence-electron chi connectivity index (χ2n) is 8.19. The zero-order valence-corrected chi connectivity index (χ0v) is 19.8. The maximum atomic E-state index is 12.3. The molecule has 0 unspecified atom stereocenters. The predicted molar refractivity (Wildman–Crippen MR) is 131 cm³/mol. The van der Waals surface area contributed by atoms with Gasteiger partial charge in [0.1, 0.15) is 12.4 Å². The summed E-state index contributed by atoms with van der Waals surface area (Å²) in [7, 11) is 0. The van der Waals surface area contributed by atoms with Crippen LogP contribution in [0.2, 0.25) is 0 Å². The maximum Gasteiger partial charge on any atom is 0.280 e. The van der Waals surface area contributed by atoms with Crippen LogP contribution in [0.4, 0.5) is 17.6 Å². The zero-order chi connectivity index (χ0) is 25.2. The lowest BCUT2D eigenvalue weighted by Crippen LogP contribution is -2.38. The first-order valence-electron chi connectivity index (χ1n) is 11.5. The van der Waals surface area contributed by atoms with Crippen molar-refractivity contribution in [1.29, 1.82) is 0 Å². The molecule has 0 bridgehead atoms. The molecule has 3 heterocycles. The number of piperidine rings is 1. The highest BCUT2D eigenvalue weighted by Crippen LogP contribution is 2.14. The number of ether oxygens (including phenoxy) is 1. The van der Waals surface area contributed by atoms with Gasteiger partial charge in [0.15, 0.2) is 17.5 Å². The number of aromatic nitrogens is 4. The normalized spacial score (nSPS) is 15.2. The maximum absolute atomic E-state index is 12.3. The van der Waals surface area contributed by atoms with Gasteiger partial charge in [0, 0.05) is 32.0 Å². The van der Waals surface area contributed by atoms with Crippen LogP contribution in [0.15, 0.2) is 17.4 Å². The smallest absolute Gasteiger partial charge is 0.280 e. The minimum Gasteiger partial charge on any atom is -0.382 e. The summed E-state index contributed by atoms with van der Waals surface area (Å²) >= 11 is 0. The van der Waals surface area contributed by atoms with Crippen molar-refractivity contribution in [3.63, 3.8) is 0 Å². The van der Waals surface area contributed by atoms with Gasteiger partial charge >= 0.3 is 0 Å². The standard InChI is InChI=1S/C21H33N11O3/c1-13-17(22)30-18(23)16(28-13)19(34)31-20(24)25-6-2-3-9-32-10-4-14(5-11-32)35-12-15(33)29-21-26-7-8-27-21/h7-8,14H,2-6,9-12H2,1H3,(H4,22,23,30)(H3,24,25,31,34)(H2,26,27,29,33). The van der Waals surface area contributed by atoms with Crippen LogP contribution >= 0.6 is 0 Å². The van der Waals surface area contributed by atoms with Gasteiger partial charge in [-0.3, -0.25) is 25.2 Å². The first-order valence-corrected chi connectivity index (χ1v) is 11.5. The number of carbonyl (C=O) groups excluding carboxylic acids is 2. The Hall–Kier alpha value is -3.78. The van der Waals surface area contributed by atoms with E-state index >= 15 is 0 Å². The minimum absolute atomic E-state index is 0.000254. The van der Waals surface area contributed by atoms with Gasteiger partial charge in [-0.1, -0.05) is 0 Å². The summed E-state index contributed by atoms with van der Waals surface area (Å²) in [5.74, 6) is -0.283. The average molecular weight is 488 g/mol. The van der Waals surface area contributed by atoms with Gasteiger partial charge in [0.25, 0.3) is 11.8 Å². The molecule has 1 fully saturated rings. The highest BCUT2D eigenvalue weighted by Gasteiger charge is 2.20. The number of imidazole rings is 1. The number of likely N-dealkylation sites (tertiary alicyclic amines) is 1. The predicted octanol–water partition coefficient (Wildman–Crippen LogP) is -0.383. The first kappa shape index (κ1) is 25.8. The molecule has 3 rings (SSSR count). The minimum atomic E-state index is -0.581. The van der Waals surface area contributed by atoms with E-state index in [4.69, 9.17) is 21.9 Å². The van der Waals surface area contributed by atoms with E-state index in [1.165, 1.54) is 0 Å². The van der Waals surface area contributed by atoms with Crippen LogP contribution in [-0.2, 0) is 9.53 Å². The third-order valence-corrected chi connectivity index (χ3v) is 5.50. The topological polar surface area (TPSA) is 216 Å². The Labute approximate surface area is 203 Å². The van der Waals surface area contributed by atoms with Crippen LogP contribution in [0, 0.1) is 6.92 Å². The Morgan fingerprint density at radius 3 is 2.71 bits per heavy atom. The summed E-state index contributed by atoms with van der Waals surface area (Å²) in [4.78, 5) is 45.4. The molecule has 35 heavy (non-hydrogen) atoms. The van der Waals surface area contributed by atoms with Gasteiger partial charge in [-0.05, 0) is 39.2 Å². The second kappa shape index (κ2) is 12.6. The van der Waals surface area contributed by atoms with E-state index in [-0.39, 0.29) is 41.9 Å². The van der Waals surface area contributed by atoms with Gasteiger partial charge in [0.05, 0.1) is 11.8 Å². The number of carbonyl (C=O) groups is 2. The Balaban J connectivity index is 1.27. The van der Waals surface area contributed by atoms with E-state index in [0.29, 0.717) is 18.2 Å². The zero-order valence-electron chi connectivity index (χ0n) is 19.8. The third kappa shape index (κ3) is 8.19. The van der Waals surface area contributed by atoms with Crippen molar-refractivity contribution in [2.24, 2.45) is 10.7 Å². The van der Waals surface area contributed by atoms with E-state index in [1.807, 2.05) is 0 Å². The molecular weight excluding hydrogens is 454 g/mol. The summed E-state index contributed by atoms with van der Waals surface area (Å²) in [5.41, 5.74) is 17.5. The van der Waals surface area contributed by atoms with Crippen LogP contribution in [0.5, 0.6) is 0 Å². The largest absolute Gasteiger partial charge is 0.382 e. The summed E-state index contributed by atoms with van der Waals surface area (Å²) in [6, 6.07) is 0. The van der Waals surface area contributed by atoms with Crippen molar-refractivity contribution in [3.05, 3.63) is 23.8 Å². The molecule has 14 nitrogen and oxygen atoms in total. The lowest BCUT2D eigenvalue weighted by molar-refractivity contribution is -0.123. The molecule has 0 spiro atoms. The number of aryl methyl sites for hydroxylation is 1. The number of hydrogen-bond acceptors (Lipinski definition) is 10. The molecule has 1 aliphatic heterocycles. The molecule has 2 aromatic rings. The molecule has 0 aromatic carbocycles. The second-order valence-corrected chi connectivity index (χ2v) is 8.19. The lowest BCUT2D eigenvalue weighted by atomic mass is 10.1. The van der Waals surface area contributed by atoms with Crippen molar-refractivity contribution < 1.29 is 14.3 Å². The molecule has 14 heteroatoms. The first-order chi connectivity index (χ1) is 16.8. The molecule has 2 aromatic heterocycles. The van der Waals surface area contributed by atoms with Crippen molar-refractivity contribution in [3.8, 4) is 0 Å². The molecule has 0 atom stereocenters. The van der Waals surface area contributed by atoms with Gasteiger partial charge in [-0.25, -0.2) is 15.0 Å². The monoisotopic (exact) mass is 487 g/mol. The Morgan fingerprint density at radius 2 is 2.00 bits per heavy atom. The molecule has 1 aliphatic rings. The number of aliphatic imine (C=N–C) groups is 1. The van der Waals surface area contributed by atoms with Gasteiger partial charge in [-0.15, -0.1) is 0 Å². The number of unbranched alkanes of at least 4 members (excludes halogenated alkanes) is 1. The number of hydrogen-bond donors (Lipinski definition) is 6. The van der Waals surface area contributed by atoms with E-state index in [0.717, 1.165) is 45.3 Å². The van der Waals surface area contributed by atoms with Gasteiger partial charge < -0.3 is 31.8 Å². The van der Waals surface area contributed by atoms with Crippen molar-refractivity contribution in [1.82, 2.24) is 30.2 Å². The SMILES string of the molecule is Cc1nc(C(=O)NC(N)=NCCCCN2CCC(OCC(=O)Nc3ncc[nH]3)CC2)c(N)nc1N. The molecule has 0 saturated carbocycles. The third-order valence-electron chi connectivity index (χ3n) is 5.50. The Bertz CT molecular complexity index is 1020. The van der Waals surface area contributed by atoms with Crippen LogP contribution in [0.3, 0.4) is 0 Å². The van der Waals surface area contributed by atoms with Crippen LogP contribution in [-0.4, -0.2) is 81.5 Å². The molecule has 2 amide bonds. The number of rotatable bonds is 10. The van der Waals surface area contributed by atoms with Gasteiger partial charge in [-0.2, -0.15) is 0 Å². The number of amides is 2. The molecular formula is C21H33N11O3. The van der Waals surface area contributed by atoms with Crippen LogP contribution in [0.1, 0.15) is 41.9 Å². The lowest BCUT2D eigenvalue weighted by Gasteiger charge is -2.31. The summed E-state index contributed by atoms with van der Waals surface area (Å²) in [6.07, 6.45) is 6.80. The van der Waals surface area contributed by atoms with Crippen LogP contribution < -0.4 is 27.8 Å². The Morgan fingerprint density at radius 1 is 1.23 bits per heavy atom. The number of H-pyrrole nitrogens is 1. The van der Waals surface area contributed by atoms with E-state index in [9.17, 15) is 9.59 Å². The molecule has 190 valence electrons. The molecule has 0 radical (unpaired) electrons. The van der Waals surface area contributed by atoms with Crippen molar-refractivity contribution in [2.75, 3.05) is 49.6 Å². The summed E-state index contributed by atoms with van der Waals surface area (Å²) in [6.45, 7) is 4.89. The number of nitrogens with two attached hydrogens (primary N) is 3. The molecule has 1 saturated heterocycles. The number of aromatic amines is 1. The summed E-state index contributed by atoms with van der Waals surface area (Å²) in [5, 5.41) is 5.11. The fourth-order valence-corrected chi connectivity index (χ4v) is 3.57. The summed E-state index contributed by atoms with van der Waals surface area (Å²) < 4.78 is 5.73. The van der Waals surface area contributed by atoms with E-state index < -0.39 is 5.91 Å². The number of guanidine groups is 1. The highest BCUT2D eigenvalue weighted by molar-refractivity contribution is 6.06. The van der Waals surface area contributed by atoms with Gasteiger partial charge in [0.2, 0.25) is 5.95 Å². The number of nitrogen functional groups attached to an aromatic ring is 2. The van der Waals surface area contributed by atoms with E-state index in [2.05, 4.69) is 40.5 Å². The number of anilines is 3. The average Bonchev–Trinajstić information content (AvgIpc) is 3.33. The van der Waals surface area contributed by atoms with E-state index in [1.54, 1.807) is 19.3 Å². The van der Waals surface area contributed by atoms with Crippen molar-refractivity contribution in [2.45, 2.75) is 38.7 Å². The number of nitrogens with zero attached hydrogens (tertiary/aromatic N) is 5. The fraction of sp³-hybridized carbons (Fsp3) is 0.524. The van der Waals surface area contributed by atoms with Crippen molar-refractivity contribution >= 4 is 35.4 Å². The quantitative estimate of drug-likeness (QED) is 0.145. The Kier molecular flexibility index (Phi) is 9.31. The highest BCUT2D eigenvalue weighted by atomic mass is 16.5. The number of nitrogens with one attached hydrogen (secondary N) is 3.